The highest BCUT2D eigenvalue weighted by molar-refractivity contribution is 7.99. The highest BCUT2D eigenvalue weighted by atomic mass is 32.2. The van der Waals surface area contributed by atoms with Crippen molar-refractivity contribution in [3.05, 3.63) is 60.6 Å². The van der Waals surface area contributed by atoms with E-state index in [1.54, 1.807) is 30.1 Å². The third-order valence-electron chi connectivity index (χ3n) is 4.09. The number of nitrogens with zero attached hydrogens (tertiary/aromatic N) is 4. The molecule has 0 aliphatic carbocycles. The first-order valence-corrected chi connectivity index (χ1v) is 9.89. The second-order valence-electron chi connectivity index (χ2n) is 6.27. The molecule has 0 atom stereocenters. The zero-order valence-corrected chi connectivity index (χ0v) is 16.8. The summed E-state index contributed by atoms with van der Waals surface area (Å²) < 4.78 is 5.36. The summed E-state index contributed by atoms with van der Waals surface area (Å²) in [7, 11) is 0. The van der Waals surface area contributed by atoms with E-state index in [-0.39, 0.29) is 5.75 Å². The summed E-state index contributed by atoms with van der Waals surface area (Å²) in [6.45, 7) is 4.41. The number of anilines is 2. The number of aromatic hydroxyl groups is 1. The fourth-order valence-corrected chi connectivity index (χ4v) is 3.61. The molecule has 2 aromatic carbocycles. The number of fused-ring (bicyclic) bond motifs is 1. The molecular weight excluding hydrogens is 386 g/mol. The van der Waals surface area contributed by atoms with Gasteiger partial charge < -0.3 is 15.2 Å². The molecule has 0 bridgehead atoms. The Morgan fingerprint density at radius 2 is 1.90 bits per heavy atom. The second-order valence-corrected chi connectivity index (χ2v) is 7.38. The Morgan fingerprint density at radius 1 is 1.07 bits per heavy atom. The largest absolute Gasteiger partial charge is 0.508 e. The Hall–Kier alpha value is -3.39. The standard InChI is InChI=1S/C21H19N5O2S/c1-3-28-21-22-11-16-19(23-12-24-20(16)26-21)25-17-10-13(2)4-9-18(17)29-15-7-5-14(27)6-8-15/h4-12,27H,3H2,1-2H3,(H,22,23,24,25,26). The van der Waals surface area contributed by atoms with Gasteiger partial charge in [-0.1, -0.05) is 17.8 Å². The molecule has 0 aliphatic rings. The number of rotatable bonds is 6. The number of phenolic OH excluding ortho intramolecular Hbond substituents is 1. The normalized spacial score (nSPS) is 10.8. The number of hydrogen-bond donors (Lipinski definition) is 2. The van der Waals surface area contributed by atoms with E-state index in [0.717, 1.165) is 21.0 Å². The van der Waals surface area contributed by atoms with Gasteiger partial charge in [0.05, 0.1) is 17.7 Å². The predicted molar refractivity (Wildman–Crippen MR) is 113 cm³/mol. The Bertz CT molecular complexity index is 1150. The average molecular weight is 405 g/mol. The Kier molecular flexibility index (Phi) is 5.44. The lowest BCUT2D eigenvalue weighted by Gasteiger charge is -2.13. The highest BCUT2D eigenvalue weighted by Gasteiger charge is 2.11. The van der Waals surface area contributed by atoms with Gasteiger partial charge >= 0.3 is 6.01 Å². The number of phenols is 1. The van der Waals surface area contributed by atoms with Gasteiger partial charge in [0.1, 0.15) is 17.9 Å². The summed E-state index contributed by atoms with van der Waals surface area (Å²) in [5.74, 6) is 0.867. The number of benzene rings is 2. The first-order chi connectivity index (χ1) is 14.1. The van der Waals surface area contributed by atoms with Crippen LogP contribution in [0.4, 0.5) is 11.5 Å². The van der Waals surface area contributed by atoms with E-state index in [1.165, 1.54) is 6.33 Å². The number of ether oxygens (including phenoxy) is 1. The van der Waals surface area contributed by atoms with Crippen molar-refractivity contribution >= 4 is 34.3 Å². The van der Waals surface area contributed by atoms with Crippen molar-refractivity contribution in [1.29, 1.82) is 0 Å². The zero-order chi connectivity index (χ0) is 20.2. The van der Waals surface area contributed by atoms with E-state index >= 15 is 0 Å². The Labute approximate surface area is 172 Å². The lowest BCUT2D eigenvalue weighted by molar-refractivity contribution is 0.314. The molecule has 0 fully saturated rings. The summed E-state index contributed by atoms with van der Waals surface area (Å²) in [4.78, 5) is 19.2. The van der Waals surface area contributed by atoms with Crippen molar-refractivity contribution in [3.63, 3.8) is 0 Å². The fraction of sp³-hybridized carbons (Fsp3) is 0.143. The zero-order valence-electron chi connectivity index (χ0n) is 16.0. The van der Waals surface area contributed by atoms with Gasteiger partial charge in [-0.05, 0) is 55.8 Å². The first kappa shape index (κ1) is 18.9. The molecule has 0 spiro atoms. The van der Waals surface area contributed by atoms with Crippen LogP contribution in [0.15, 0.2) is 64.8 Å². The van der Waals surface area contributed by atoms with E-state index in [2.05, 4.69) is 43.5 Å². The first-order valence-electron chi connectivity index (χ1n) is 9.07. The molecule has 0 amide bonds. The third-order valence-corrected chi connectivity index (χ3v) is 5.18. The molecule has 0 saturated carbocycles. The van der Waals surface area contributed by atoms with Crippen LogP contribution in [-0.2, 0) is 0 Å². The highest BCUT2D eigenvalue weighted by Crippen LogP contribution is 2.36. The predicted octanol–water partition coefficient (Wildman–Crippen LogP) is 4.73. The summed E-state index contributed by atoms with van der Waals surface area (Å²) in [5.41, 5.74) is 2.55. The molecule has 0 saturated heterocycles. The summed E-state index contributed by atoms with van der Waals surface area (Å²) in [5, 5.41) is 13.6. The number of hydrogen-bond acceptors (Lipinski definition) is 8. The molecule has 0 radical (unpaired) electrons. The van der Waals surface area contributed by atoms with Crippen LogP contribution in [0, 0.1) is 6.92 Å². The van der Waals surface area contributed by atoms with Crippen LogP contribution in [0.5, 0.6) is 11.8 Å². The van der Waals surface area contributed by atoms with E-state index in [9.17, 15) is 5.11 Å². The van der Waals surface area contributed by atoms with Gasteiger partial charge in [0.2, 0.25) is 0 Å². The number of aromatic nitrogens is 4. The summed E-state index contributed by atoms with van der Waals surface area (Å²) >= 11 is 1.60. The molecule has 8 heteroatoms. The van der Waals surface area contributed by atoms with E-state index in [0.29, 0.717) is 29.5 Å². The Balaban J connectivity index is 1.68. The van der Waals surface area contributed by atoms with Crippen LogP contribution >= 0.6 is 11.8 Å². The van der Waals surface area contributed by atoms with Gasteiger partial charge in [-0.2, -0.15) is 4.98 Å². The fourth-order valence-electron chi connectivity index (χ4n) is 2.73. The molecule has 0 aliphatic heterocycles. The molecule has 7 nitrogen and oxygen atoms in total. The maximum atomic E-state index is 9.51. The molecular formula is C21H19N5O2S. The number of aryl methyl sites for hydroxylation is 1. The minimum Gasteiger partial charge on any atom is -0.508 e. The molecule has 4 aromatic rings. The van der Waals surface area contributed by atoms with Gasteiger partial charge in [-0.3, -0.25) is 0 Å². The van der Waals surface area contributed by atoms with E-state index in [1.807, 2.05) is 26.0 Å². The molecule has 2 N–H and O–H groups in total. The lowest BCUT2D eigenvalue weighted by Crippen LogP contribution is -2.02. The van der Waals surface area contributed by atoms with Crippen LogP contribution in [0.25, 0.3) is 11.0 Å². The minimum atomic E-state index is 0.246. The lowest BCUT2D eigenvalue weighted by atomic mass is 10.2. The topological polar surface area (TPSA) is 93.0 Å². The van der Waals surface area contributed by atoms with Gasteiger partial charge in [0.15, 0.2) is 5.65 Å². The van der Waals surface area contributed by atoms with Crippen molar-refractivity contribution in [3.8, 4) is 11.8 Å². The van der Waals surface area contributed by atoms with Crippen molar-refractivity contribution in [2.24, 2.45) is 0 Å². The van der Waals surface area contributed by atoms with Crippen LogP contribution in [-0.4, -0.2) is 31.6 Å². The van der Waals surface area contributed by atoms with Crippen molar-refractivity contribution < 1.29 is 9.84 Å². The van der Waals surface area contributed by atoms with Crippen LogP contribution in [0.2, 0.25) is 0 Å². The van der Waals surface area contributed by atoms with Gasteiger partial charge in [-0.25, -0.2) is 15.0 Å². The molecule has 0 unspecified atom stereocenters. The number of nitrogens with one attached hydrogen (secondary N) is 1. The SMILES string of the molecule is CCOc1ncc2c(Nc3cc(C)ccc3Sc3ccc(O)cc3)ncnc2n1. The van der Waals surface area contributed by atoms with Crippen molar-refractivity contribution in [1.82, 2.24) is 19.9 Å². The minimum absolute atomic E-state index is 0.246. The average Bonchev–Trinajstić information content (AvgIpc) is 2.72. The molecule has 146 valence electrons. The monoisotopic (exact) mass is 405 g/mol. The van der Waals surface area contributed by atoms with Crippen LogP contribution in [0.3, 0.4) is 0 Å². The summed E-state index contributed by atoms with van der Waals surface area (Å²) in [6.07, 6.45) is 3.13. The van der Waals surface area contributed by atoms with E-state index < -0.39 is 0 Å². The summed E-state index contributed by atoms with van der Waals surface area (Å²) in [6, 6.07) is 13.6. The third kappa shape index (κ3) is 4.38. The van der Waals surface area contributed by atoms with Crippen LogP contribution < -0.4 is 10.1 Å². The van der Waals surface area contributed by atoms with Crippen molar-refractivity contribution in [2.45, 2.75) is 23.6 Å². The maximum absolute atomic E-state index is 9.51. The van der Waals surface area contributed by atoms with Gasteiger partial charge in [0, 0.05) is 16.0 Å². The van der Waals surface area contributed by atoms with Gasteiger partial charge in [-0.15, -0.1) is 0 Å². The molecule has 2 heterocycles. The second kappa shape index (κ2) is 8.32. The van der Waals surface area contributed by atoms with Crippen LogP contribution in [0.1, 0.15) is 12.5 Å². The van der Waals surface area contributed by atoms with E-state index in [4.69, 9.17) is 4.74 Å². The quantitative estimate of drug-likeness (QED) is 0.476. The maximum Gasteiger partial charge on any atom is 0.318 e. The van der Waals surface area contributed by atoms with Crippen molar-refractivity contribution in [2.75, 3.05) is 11.9 Å². The molecule has 29 heavy (non-hydrogen) atoms. The molecule has 2 aromatic heterocycles. The molecule has 4 rings (SSSR count). The smallest absolute Gasteiger partial charge is 0.318 e. The Morgan fingerprint density at radius 3 is 2.69 bits per heavy atom. The van der Waals surface area contributed by atoms with Gasteiger partial charge in [0.25, 0.3) is 0 Å².